The van der Waals surface area contributed by atoms with Crippen molar-refractivity contribution in [1.29, 1.82) is 0 Å². The van der Waals surface area contributed by atoms with E-state index >= 15 is 0 Å². The topological polar surface area (TPSA) is 73.3 Å². The van der Waals surface area contributed by atoms with Crippen LogP contribution in [-0.4, -0.2) is 26.2 Å². The molecule has 0 unspecified atom stereocenters. The van der Waals surface area contributed by atoms with E-state index in [2.05, 4.69) is 269 Å². The minimum Gasteiger partial charge on any atom is -0.486 e. The lowest BCUT2D eigenvalue weighted by Gasteiger charge is -2.25. The molecule has 6 aromatic rings. The van der Waals surface area contributed by atoms with Gasteiger partial charge < -0.3 is 29.6 Å². The van der Waals surface area contributed by atoms with E-state index in [1.807, 2.05) is 24.4 Å². The summed E-state index contributed by atoms with van der Waals surface area (Å²) in [6, 6.07) is 39.1. The van der Waals surface area contributed by atoms with Crippen LogP contribution in [0, 0.1) is 0 Å². The maximum Gasteiger partial charge on any atom is 0.231 e. The van der Waals surface area contributed by atoms with Gasteiger partial charge in [-0.3, -0.25) is 4.99 Å². The number of ether oxygens (including phenoxy) is 4. The summed E-state index contributed by atoms with van der Waals surface area (Å²) in [7, 11) is 0. The molecule has 6 aromatic carbocycles. The third-order valence-corrected chi connectivity index (χ3v) is 15.4. The van der Waals surface area contributed by atoms with Gasteiger partial charge in [0.05, 0.1) is 5.69 Å². The van der Waals surface area contributed by atoms with Crippen LogP contribution in [0.25, 0.3) is 12.2 Å². The van der Waals surface area contributed by atoms with E-state index in [0.29, 0.717) is 20.0 Å². The smallest absolute Gasteiger partial charge is 0.231 e. The summed E-state index contributed by atoms with van der Waals surface area (Å²) in [6.45, 7) is 49.6. The Labute approximate surface area is 500 Å². The number of hydrogen-bond acceptors (Lipinski definition) is 7. The van der Waals surface area contributed by atoms with Crippen LogP contribution >= 0.6 is 0 Å². The van der Waals surface area contributed by atoms with Crippen LogP contribution in [0.4, 0.5) is 17.1 Å². The number of allylic oxidation sites excluding steroid dienone is 3. The van der Waals surface area contributed by atoms with Crippen molar-refractivity contribution in [2.24, 2.45) is 4.99 Å². The number of benzene rings is 6. The molecule has 7 heteroatoms. The van der Waals surface area contributed by atoms with Crippen molar-refractivity contribution < 1.29 is 18.9 Å². The normalized spacial score (nSPS) is 15.0. The number of fused-ring (bicyclic) bond motifs is 6. The number of aryl methyl sites for hydroxylation is 1. The fourth-order valence-corrected chi connectivity index (χ4v) is 9.76. The van der Waals surface area contributed by atoms with E-state index in [4.69, 9.17) is 18.9 Å². The molecule has 7 nitrogen and oxygen atoms in total. The van der Waals surface area contributed by atoms with Gasteiger partial charge >= 0.3 is 0 Å². The van der Waals surface area contributed by atoms with E-state index in [-0.39, 0.29) is 32.5 Å². The Hall–Kier alpha value is -7.25. The van der Waals surface area contributed by atoms with Gasteiger partial charge in [-0.15, -0.1) is 0 Å². The lowest BCUT2D eigenvalue weighted by atomic mass is 9.85. The summed E-state index contributed by atoms with van der Waals surface area (Å²) in [6.07, 6.45) is 14.8. The minimum absolute atomic E-state index is 0.163. The molecule has 12 rings (SSSR count). The van der Waals surface area contributed by atoms with Gasteiger partial charge in [0.15, 0.2) is 23.0 Å². The zero-order chi connectivity index (χ0) is 60.7. The number of nitrogens with one attached hydrogen (secondary N) is 2. The molecule has 1 aliphatic carbocycles. The monoisotopic (exact) mass is 1120 g/mol. The van der Waals surface area contributed by atoms with Crippen molar-refractivity contribution in [2.45, 2.75) is 183 Å². The summed E-state index contributed by atoms with van der Waals surface area (Å²) in [5.74, 6) is 3.47. The van der Waals surface area contributed by atoms with Gasteiger partial charge in [0.25, 0.3) is 0 Å². The van der Waals surface area contributed by atoms with Crippen molar-refractivity contribution in [3.05, 3.63) is 207 Å². The molecule has 0 aromatic heterocycles. The predicted molar refractivity (Wildman–Crippen MR) is 355 cm³/mol. The Bertz CT molecular complexity index is 3340. The summed E-state index contributed by atoms with van der Waals surface area (Å²) in [5.41, 5.74) is 21.9. The fraction of sp³-hybridized carbons (Fsp3) is 0.408. The molecule has 83 heavy (non-hydrogen) atoms. The van der Waals surface area contributed by atoms with Crippen LogP contribution in [0.15, 0.2) is 151 Å². The fourth-order valence-electron chi connectivity index (χ4n) is 9.76. The molecule has 0 radical (unpaired) electrons. The molecule has 0 saturated carbocycles. The zero-order valence-corrected chi connectivity index (χ0v) is 53.7. The molecular formula is C76H97N3O4. The first kappa shape index (κ1) is 63.3. The third-order valence-electron chi connectivity index (χ3n) is 15.4. The lowest BCUT2D eigenvalue weighted by Crippen LogP contribution is -2.17. The first-order valence-electron chi connectivity index (χ1n) is 29.9. The predicted octanol–water partition coefficient (Wildman–Crippen LogP) is 20.1. The first-order chi connectivity index (χ1) is 38.7. The molecule has 0 fully saturated rings. The number of rotatable bonds is 0. The maximum absolute atomic E-state index is 5.53. The van der Waals surface area contributed by atoms with Crippen molar-refractivity contribution in [3.8, 4) is 23.0 Å². The molecule has 6 aliphatic rings. The van der Waals surface area contributed by atoms with Crippen LogP contribution < -0.4 is 29.6 Å². The maximum atomic E-state index is 5.53. The van der Waals surface area contributed by atoms with Crippen molar-refractivity contribution in [3.63, 3.8) is 0 Å². The quantitative estimate of drug-likeness (QED) is 0.158. The highest BCUT2D eigenvalue weighted by atomic mass is 16.7. The largest absolute Gasteiger partial charge is 0.486 e. The molecule has 0 bridgehead atoms. The van der Waals surface area contributed by atoms with Gasteiger partial charge in [0, 0.05) is 35.4 Å². The summed E-state index contributed by atoms with van der Waals surface area (Å²) < 4.78 is 21.6. The van der Waals surface area contributed by atoms with E-state index < -0.39 is 0 Å². The summed E-state index contributed by atoms with van der Waals surface area (Å²) in [5, 5.41) is 6.67. The summed E-state index contributed by atoms with van der Waals surface area (Å²) >= 11 is 0. The van der Waals surface area contributed by atoms with Gasteiger partial charge in [0.2, 0.25) is 6.79 Å². The standard InChI is InChI=1S/C14H19N.C14H17N.C13H16.C12H15N.C12H16O2.C11H14O2/c2*1-10-5-6-11-7-8-12(14(2,3)4)9-13(11)15-10;1-13(2,3)12-8-7-10-5-4-6-11(10)9-12;1-12(2,3)10-5-4-9-6-7-13-11(9)8-10;1-12(2,3)9-4-5-10-11(8-9)14-7-6-13-10;1-11(2,3)8-4-5-9-10(6-8)13-7-12-9/h7-9,15H,1,5-6H2,2-4H3;5-9,15H,1H2,2-4H3;4-5,7-9H,6H2,1-3H3;4-5,7-8H,6H2,1-3H3;4-5,8H,6-7H2,1-3H3;4-6H,7H2,1-3H3. The highest BCUT2D eigenvalue weighted by Gasteiger charge is 2.23. The Morgan fingerprint density at radius 2 is 0.843 bits per heavy atom. The number of nitrogens with zero attached hydrogens (tertiary/aromatic N) is 1. The van der Waals surface area contributed by atoms with Crippen LogP contribution in [0.2, 0.25) is 0 Å². The van der Waals surface area contributed by atoms with E-state index in [0.717, 1.165) is 71.5 Å². The van der Waals surface area contributed by atoms with Crippen molar-refractivity contribution in [2.75, 3.05) is 30.6 Å². The average molecular weight is 1120 g/mol. The molecule has 0 saturated heterocycles. The minimum atomic E-state index is 0.163. The molecule has 5 heterocycles. The van der Waals surface area contributed by atoms with E-state index in [1.54, 1.807) is 0 Å². The van der Waals surface area contributed by atoms with Crippen molar-refractivity contribution >= 4 is 35.4 Å². The number of hydrogen-bond donors (Lipinski definition) is 2. The van der Waals surface area contributed by atoms with E-state index in [9.17, 15) is 0 Å². The molecule has 440 valence electrons. The van der Waals surface area contributed by atoms with Crippen LogP contribution in [0.5, 0.6) is 23.0 Å². The molecule has 0 amide bonds. The zero-order valence-electron chi connectivity index (χ0n) is 53.7. The molecular weight excluding hydrogens is 1020 g/mol. The Morgan fingerprint density at radius 3 is 1.43 bits per heavy atom. The molecule has 5 aliphatic heterocycles. The van der Waals surface area contributed by atoms with Gasteiger partial charge in [-0.05, 0) is 161 Å². The third kappa shape index (κ3) is 17.6. The van der Waals surface area contributed by atoms with Gasteiger partial charge in [-0.25, -0.2) is 0 Å². The highest BCUT2D eigenvalue weighted by molar-refractivity contribution is 5.76. The second kappa shape index (κ2) is 25.7. The van der Waals surface area contributed by atoms with Crippen LogP contribution in [0.3, 0.4) is 0 Å². The Morgan fingerprint density at radius 1 is 0.386 bits per heavy atom. The second-order valence-electron chi connectivity index (χ2n) is 28.7. The van der Waals surface area contributed by atoms with Gasteiger partial charge in [-0.2, -0.15) is 0 Å². The van der Waals surface area contributed by atoms with Gasteiger partial charge in [-0.1, -0.05) is 223 Å². The van der Waals surface area contributed by atoms with E-state index in [1.165, 1.54) is 66.9 Å². The van der Waals surface area contributed by atoms with Crippen LogP contribution in [-0.2, 0) is 51.8 Å². The SMILES string of the molecule is C=C1C=Cc2ccc(C(C)(C)C)cc2N1.C=C1CCc2ccc(C(C)(C)C)cc2N1.CC(C)(C)c1ccc2c(c1)CC=C2.CC(C)(C)c1ccc2c(c1)N=CC2.CC(C)(C)c1ccc2c(c1)OCCO2.CC(C)(C)c1ccc2c(c1)OCO2. The second-order valence-corrected chi connectivity index (χ2v) is 28.7. The number of aliphatic imine (C=N–C) groups is 1. The molecule has 2 N–H and O–H groups in total. The van der Waals surface area contributed by atoms with Gasteiger partial charge in [0.1, 0.15) is 13.2 Å². The lowest BCUT2D eigenvalue weighted by molar-refractivity contribution is 0.171. The Balaban J connectivity index is 0.000000143. The molecule has 0 atom stereocenters. The first-order valence-corrected chi connectivity index (χ1v) is 29.9. The summed E-state index contributed by atoms with van der Waals surface area (Å²) in [4.78, 5) is 4.35. The average Bonchev–Trinajstić information content (AvgIpc) is 4.39. The molecule has 0 spiro atoms. The Kier molecular flexibility index (Phi) is 19.6. The van der Waals surface area contributed by atoms with Crippen LogP contribution in [0.1, 0.15) is 192 Å². The highest BCUT2D eigenvalue weighted by Crippen LogP contribution is 2.38. The van der Waals surface area contributed by atoms with Crippen molar-refractivity contribution in [1.82, 2.24) is 0 Å². The number of anilines is 2.